The van der Waals surface area contributed by atoms with E-state index in [0.717, 1.165) is 57.9 Å². The summed E-state index contributed by atoms with van der Waals surface area (Å²) in [7, 11) is 2.20. The van der Waals surface area contributed by atoms with Crippen LogP contribution in [0.15, 0.2) is 18.5 Å². The van der Waals surface area contributed by atoms with Gasteiger partial charge in [-0.3, -0.25) is 14.7 Å². The van der Waals surface area contributed by atoms with Crippen LogP contribution in [0, 0.1) is 0 Å². The number of hydrogen-bond donors (Lipinski definition) is 1. The first-order chi connectivity index (χ1) is 11.7. The topological polar surface area (TPSA) is 59.2 Å². The van der Waals surface area contributed by atoms with Crippen LogP contribution in [0.5, 0.6) is 0 Å². The second-order valence-corrected chi connectivity index (χ2v) is 7.11. The van der Waals surface area contributed by atoms with Crippen molar-refractivity contribution in [3.63, 3.8) is 0 Å². The molecule has 1 aromatic heterocycles. The number of unbranched alkanes of at least 4 members (excludes halogenated alkanes) is 3. The first-order valence-corrected chi connectivity index (χ1v) is 9.56. The fourth-order valence-corrected chi connectivity index (χ4v) is 3.58. The Morgan fingerprint density at radius 3 is 2.71 bits per heavy atom. The number of carbonyl (C=O) groups is 1. The van der Waals surface area contributed by atoms with Gasteiger partial charge in [-0.15, -0.1) is 0 Å². The lowest BCUT2D eigenvalue weighted by atomic mass is 10.0. The monoisotopic (exact) mass is 331 g/mol. The molecule has 2 rings (SSSR count). The van der Waals surface area contributed by atoms with Crippen molar-refractivity contribution in [3.8, 4) is 0 Å². The zero-order chi connectivity index (χ0) is 17.2. The summed E-state index contributed by atoms with van der Waals surface area (Å²) in [6.45, 7) is 1.92. The number of pyridine rings is 1. The van der Waals surface area contributed by atoms with Gasteiger partial charge in [0.25, 0.3) is 0 Å². The average Bonchev–Trinajstić information content (AvgIpc) is 3.02. The number of nitrogens with zero attached hydrogens (tertiary/aromatic N) is 2. The largest absolute Gasteiger partial charge is 0.330 e. The van der Waals surface area contributed by atoms with E-state index in [-0.39, 0.29) is 0 Å². The summed E-state index contributed by atoms with van der Waals surface area (Å²) >= 11 is 0. The van der Waals surface area contributed by atoms with E-state index in [2.05, 4.69) is 23.0 Å². The Kier molecular flexibility index (Phi) is 8.40. The van der Waals surface area contributed by atoms with Gasteiger partial charge in [-0.25, -0.2) is 0 Å². The quantitative estimate of drug-likeness (QED) is 0.629. The van der Waals surface area contributed by atoms with E-state index < -0.39 is 0 Å². The third-order valence-corrected chi connectivity index (χ3v) is 5.05. The molecule has 1 saturated heterocycles. The van der Waals surface area contributed by atoms with Gasteiger partial charge in [0.05, 0.1) is 0 Å². The van der Waals surface area contributed by atoms with Gasteiger partial charge in [0.15, 0.2) is 0 Å². The average molecular weight is 332 g/mol. The van der Waals surface area contributed by atoms with E-state index in [4.69, 9.17) is 5.73 Å². The maximum Gasteiger partial charge on any atom is 0.132 e. The minimum Gasteiger partial charge on any atom is -0.330 e. The van der Waals surface area contributed by atoms with E-state index in [1.165, 1.54) is 30.5 Å². The molecule has 1 aliphatic heterocycles. The van der Waals surface area contributed by atoms with Gasteiger partial charge in [0.2, 0.25) is 0 Å². The third-order valence-electron chi connectivity index (χ3n) is 5.05. The van der Waals surface area contributed by atoms with Gasteiger partial charge in [-0.1, -0.05) is 12.5 Å². The first kappa shape index (κ1) is 19.1. The Morgan fingerprint density at radius 2 is 2.00 bits per heavy atom. The Labute approximate surface area is 146 Å². The lowest BCUT2D eigenvalue weighted by molar-refractivity contribution is -0.119. The summed E-state index contributed by atoms with van der Waals surface area (Å²) in [4.78, 5) is 18.7. The molecule has 1 atom stereocenters. The molecular weight excluding hydrogens is 298 g/mol. The molecule has 0 amide bonds. The molecular formula is C20H33N3O. The smallest absolute Gasteiger partial charge is 0.132 e. The predicted octanol–water partition coefficient (Wildman–Crippen LogP) is 3.65. The van der Waals surface area contributed by atoms with Crippen molar-refractivity contribution in [2.45, 2.75) is 70.3 Å². The number of aryl methyl sites for hydroxylation is 1. The van der Waals surface area contributed by atoms with Gasteiger partial charge in [-0.2, -0.15) is 0 Å². The van der Waals surface area contributed by atoms with Crippen LogP contribution in [0.4, 0.5) is 0 Å². The molecule has 1 aromatic rings. The number of hydrogen-bond acceptors (Lipinski definition) is 4. The van der Waals surface area contributed by atoms with E-state index in [0.29, 0.717) is 11.8 Å². The summed E-state index contributed by atoms with van der Waals surface area (Å²) < 4.78 is 0. The number of aromatic nitrogens is 1. The maximum absolute atomic E-state index is 11.8. The normalized spacial score (nSPS) is 18.2. The van der Waals surface area contributed by atoms with Crippen LogP contribution in [0.2, 0.25) is 0 Å². The number of ketones is 1. The van der Waals surface area contributed by atoms with Crippen molar-refractivity contribution >= 4 is 5.78 Å². The summed E-state index contributed by atoms with van der Waals surface area (Å²) in [5, 5.41) is 0. The Hall–Kier alpha value is -1.26. The molecule has 0 saturated carbocycles. The third kappa shape index (κ3) is 6.33. The molecule has 4 heteroatoms. The number of carbonyl (C=O) groups excluding carboxylic acids is 1. The SMILES string of the molecule is CN1CCC[C@H]1c1cncc(CCCCC(=O)CCCCCN)c1. The van der Waals surface area contributed by atoms with Crippen LogP contribution in [0.25, 0.3) is 0 Å². The molecule has 1 aliphatic rings. The number of Topliss-reactive ketones (excluding diaryl/α,β-unsaturated/α-hetero) is 1. The summed E-state index contributed by atoms with van der Waals surface area (Å²) in [5.74, 6) is 0.409. The fourth-order valence-electron chi connectivity index (χ4n) is 3.58. The van der Waals surface area contributed by atoms with Crippen LogP contribution in [-0.2, 0) is 11.2 Å². The molecule has 2 N–H and O–H groups in total. The van der Waals surface area contributed by atoms with Crippen LogP contribution in [-0.4, -0.2) is 35.8 Å². The van der Waals surface area contributed by atoms with Crippen molar-refractivity contribution in [1.82, 2.24) is 9.88 Å². The minimum atomic E-state index is 0.409. The Balaban J connectivity index is 1.66. The molecule has 0 unspecified atom stereocenters. The van der Waals surface area contributed by atoms with Gasteiger partial charge < -0.3 is 5.73 Å². The lowest BCUT2D eigenvalue weighted by Crippen LogP contribution is -2.17. The van der Waals surface area contributed by atoms with Crippen molar-refractivity contribution in [1.29, 1.82) is 0 Å². The van der Waals surface area contributed by atoms with Gasteiger partial charge >= 0.3 is 0 Å². The minimum absolute atomic E-state index is 0.409. The second-order valence-electron chi connectivity index (χ2n) is 7.11. The lowest BCUT2D eigenvalue weighted by Gasteiger charge is -2.19. The van der Waals surface area contributed by atoms with Gasteiger partial charge in [-0.05, 0) is 76.2 Å². The van der Waals surface area contributed by atoms with Crippen LogP contribution >= 0.6 is 0 Å². The molecule has 1 fully saturated rings. The molecule has 134 valence electrons. The second kappa shape index (κ2) is 10.6. The standard InChI is InChI=1S/C20H33N3O/c1-23-13-7-11-20(23)18-14-17(15-22-16-18)8-4-5-10-19(24)9-3-2-6-12-21/h14-16,20H,2-13,21H2,1H3/t20-/m0/s1. The predicted molar refractivity (Wildman–Crippen MR) is 98.9 cm³/mol. The summed E-state index contributed by atoms with van der Waals surface area (Å²) in [6, 6.07) is 2.85. The zero-order valence-corrected chi connectivity index (χ0v) is 15.2. The number of likely N-dealkylation sites (tertiary alicyclic amines) is 1. The van der Waals surface area contributed by atoms with E-state index in [9.17, 15) is 4.79 Å². The number of nitrogens with two attached hydrogens (primary N) is 1. The van der Waals surface area contributed by atoms with E-state index in [1.807, 2.05) is 12.4 Å². The zero-order valence-electron chi connectivity index (χ0n) is 15.2. The molecule has 4 nitrogen and oxygen atoms in total. The van der Waals surface area contributed by atoms with Crippen molar-refractivity contribution < 1.29 is 4.79 Å². The van der Waals surface area contributed by atoms with Crippen molar-refractivity contribution in [2.24, 2.45) is 5.73 Å². The van der Waals surface area contributed by atoms with Crippen LogP contribution in [0.3, 0.4) is 0 Å². The van der Waals surface area contributed by atoms with Crippen LogP contribution < -0.4 is 5.73 Å². The highest BCUT2D eigenvalue weighted by molar-refractivity contribution is 5.78. The highest BCUT2D eigenvalue weighted by Crippen LogP contribution is 2.30. The molecule has 0 bridgehead atoms. The molecule has 0 radical (unpaired) electrons. The fraction of sp³-hybridized carbons (Fsp3) is 0.700. The Bertz CT molecular complexity index is 503. The van der Waals surface area contributed by atoms with Crippen molar-refractivity contribution in [2.75, 3.05) is 20.1 Å². The highest BCUT2D eigenvalue weighted by Gasteiger charge is 2.22. The molecule has 24 heavy (non-hydrogen) atoms. The number of rotatable bonds is 11. The summed E-state index contributed by atoms with van der Waals surface area (Å²) in [5.41, 5.74) is 8.12. The van der Waals surface area contributed by atoms with E-state index in [1.54, 1.807) is 0 Å². The molecule has 0 aromatic carbocycles. The maximum atomic E-state index is 11.8. The van der Waals surface area contributed by atoms with Gasteiger partial charge in [0.1, 0.15) is 5.78 Å². The highest BCUT2D eigenvalue weighted by atomic mass is 16.1. The molecule has 0 spiro atoms. The van der Waals surface area contributed by atoms with Gasteiger partial charge in [0, 0.05) is 31.3 Å². The van der Waals surface area contributed by atoms with E-state index >= 15 is 0 Å². The summed E-state index contributed by atoms with van der Waals surface area (Å²) in [6.07, 6.45) is 14.2. The van der Waals surface area contributed by atoms with Crippen LogP contribution in [0.1, 0.15) is 75.0 Å². The molecule has 2 heterocycles. The first-order valence-electron chi connectivity index (χ1n) is 9.56. The van der Waals surface area contributed by atoms with Crippen molar-refractivity contribution in [3.05, 3.63) is 29.6 Å². The Morgan fingerprint density at radius 1 is 1.21 bits per heavy atom. The molecule has 0 aliphatic carbocycles.